The van der Waals surface area contributed by atoms with Crippen molar-refractivity contribution in [2.75, 3.05) is 26.2 Å². The summed E-state index contributed by atoms with van der Waals surface area (Å²) < 4.78 is 15.2. The van der Waals surface area contributed by atoms with Crippen LogP contribution < -0.4 is 5.56 Å². The number of halogens is 1. The monoisotopic (exact) mass is 543 g/mol. The van der Waals surface area contributed by atoms with Gasteiger partial charge < -0.3 is 15.0 Å². The number of piperidine rings is 2. The minimum atomic E-state index is -1.08. The molecule has 4 heterocycles. The highest BCUT2D eigenvalue weighted by atomic mass is 19.1. The zero-order valence-corrected chi connectivity index (χ0v) is 22.4. The lowest BCUT2D eigenvalue weighted by atomic mass is 9.79. The Hall–Kier alpha value is -3.82. The lowest BCUT2D eigenvalue weighted by molar-refractivity contribution is -0.142. The number of fused-ring (bicyclic) bond motifs is 1. The average molecular weight is 544 g/mol. The maximum atomic E-state index is 13.9. The molecule has 6 rings (SSSR count). The predicted molar refractivity (Wildman–Crippen MR) is 150 cm³/mol. The average Bonchev–Trinajstić information content (AvgIpc) is 3.45. The minimum absolute atomic E-state index is 0.0227. The standard InChI is InChI=1S/C31H34FN5O3/c32-24-8-4-5-22(17-24)18-35-14-10-25(27(19-35)23-6-2-1-3-7-23)29(38)36-15-11-31(40,12-16-36)20-37-21-34-28-26(30(37)39)9-13-33-28/h1-9,13,17,21,25,27,33,40H,10-12,14-16,18-20H2/t25-,27+/m1/s1. The molecule has 0 bridgehead atoms. The van der Waals surface area contributed by atoms with Crippen molar-refractivity contribution < 1.29 is 14.3 Å². The van der Waals surface area contributed by atoms with Gasteiger partial charge in [-0.15, -0.1) is 0 Å². The van der Waals surface area contributed by atoms with Gasteiger partial charge in [-0.3, -0.25) is 19.1 Å². The first-order chi connectivity index (χ1) is 19.4. The maximum absolute atomic E-state index is 13.9. The summed E-state index contributed by atoms with van der Waals surface area (Å²) in [5.74, 6) is -0.262. The first-order valence-electron chi connectivity index (χ1n) is 13.9. The third-order valence-corrected chi connectivity index (χ3v) is 8.55. The minimum Gasteiger partial charge on any atom is -0.388 e. The fourth-order valence-electron chi connectivity index (χ4n) is 6.33. The predicted octanol–water partition coefficient (Wildman–Crippen LogP) is 3.52. The Morgan fingerprint density at radius 1 is 1.07 bits per heavy atom. The van der Waals surface area contributed by atoms with Gasteiger partial charge in [-0.2, -0.15) is 0 Å². The molecule has 0 saturated carbocycles. The molecule has 8 nitrogen and oxygen atoms in total. The van der Waals surface area contributed by atoms with Crippen molar-refractivity contribution in [2.45, 2.75) is 43.9 Å². The maximum Gasteiger partial charge on any atom is 0.262 e. The largest absolute Gasteiger partial charge is 0.388 e. The van der Waals surface area contributed by atoms with Crippen molar-refractivity contribution >= 4 is 16.9 Å². The molecule has 2 aliphatic heterocycles. The lowest BCUT2D eigenvalue weighted by Gasteiger charge is -2.43. The molecule has 0 aliphatic carbocycles. The zero-order chi connectivity index (χ0) is 27.7. The van der Waals surface area contributed by atoms with E-state index in [2.05, 4.69) is 27.0 Å². The van der Waals surface area contributed by atoms with E-state index in [1.54, 1.807) is 24.4 Å². The molecular weight excluding hydrogens is 509 g/mol. The number of nitrogens with one attached hydrogen (secondary N) is 1. The van der Waals surface area contributed by atoms with E-state index in [1.165, 1.54) is 17.0 Å². The fraction of sp³-hybridized carbons (Fsp3) is 0.387. The highest BCUT2D eigenvalue weighted by Crippen LogP contribution is 2.36. The van der Waals surface area contributed by atoms with E-state index in [1.807, 2.05) is 29.2 Å². The number of hydrogen-bond donors (Lipinski definition) is 2. The van der Waals surface area contributed by atoms with Crippen LogP contribution in [0.4, 0.5) is 4.39 Å². The van der Waals surface area contributed by atoms with Crippen LogP contribution in [0, 0.1) is 11.7 Å². The molecule has 2 aromatic heterocycles. The van der Waals surface area contributed by atoms with Crippen molar-refractivity contribution in [3.8, 4) is 0 Å². The van der Waals surface area contributed by atoms with Gasteiger partial charge in [0.05, 0.1) is 23.9 Å². The number of carbonyl (C=O) groups excluding carboxylic acids is 1. The molecule has 0 unspecified atom stereocenters. The molecule has 2 atom stereocenters. The zero-order valence-electron chi connectivity index (χ0n) is 22.4. The van der Waals surface area contributed by atoms with Gasteiger partial charge in [0.1, 0.15) is 11.5 Å². The number of aliphatic hydroxyl groups is 1. The Balaban J connectivity index is 1.13. The van der Waals surface area contributed by atoms with Gasteiger partial charge in [0.2, 0.25) is 5.91 Å². The summed E-state index contributed by atoms with van der Waals surface area (Å²) >= 11 is 0. The van der Waals surface area contributed by atoms with E-state index in [0.29, 0.717) is 56.5 Å². The summed E-state index contributed by atoms with van der Waals surface area (Å²) in [6.45, 7) is 3.14. The smallest absolute Gasteiger partial charge is 0.262 e. The van der Waals surface area contributed by atoms with Crippen LogP contribution in [0.2, 0.25) is 0 Å². The Kier molecular flexibility index (Phi) is 7.25. The van der Waals surface area contributed by atoms with Crippen molar-refractivity contribution in [3.05, 3.63) is 100 Å². The normalized spacial score (nSPS) is 21.5. The summed E-state index contributed by atoms with van der Waals surface area (Å²) in [6.07, 6.45) is 4.65. The number of aromatic amines is 1. The second-order valence-electron chi connectivity index (χ2n) is 11.2. The van der Waals surface area contributed by atoms with Crippen LogP contribution in [0.15, 0.2) is 78.0 Å². The van der Waals surface area contributed by atoms with Gasteiger partial charge in [-0.1, -0.05) is 42.5 Å². The van der Waals surface area contributed by atoms with Crippen LogP contribution in [-0.2, 0) is 17.9 Å². The summed E-state index contributed by atoms with van der Waals surface area (Å²) in [6, 6.07) is 18.5. The Morgan fingerprint density at radius 2 is 1.88 bits per heavy atom. The van der Waals surface area contributed by atoms with Gasteiger partial charge in [0.25, 0.3) is 5.56 Å². The number of rotatable bonds is 6. The molecule has 208 valence electrons. The number of likely N-dealkylation sites (tertiary alicyclic amines) is 2. The summed E-state index contributed by atoms with van der Waals surface area (Å²) in [7, 11) is 0. The molecule has 0 radical (unpaired) electrons. The Morgan fingerprint density at radius 3 is 2.65 bits per heavy atom. The number of carbonyl (C=O) groups is 1. The highest BCUT2D eigenvalue weighted by molar-refractivity contribution is 5.80. The van der Waals surface area contributed by atoms with Crippen molar-refractivity contribution in [3.63, 3.8) is 0 Å². The van der Waals surface area contributed by atoms with Crippen LogP contribution in [0.1, 0.15) is 36.3 Å². The van der Waals surface area contributed by atoms with E-state index in [-0.39, 0.29) is 35.7 Å². The van der Waals surface area contributed by atoms with Crippen molar-refractivity contribution in [1.29, 1.82) is 0 Å². The quantitative estimate of drug-likeness (QED) is 0.388. The second kappa shape index (κ2) is 11.0. The number of H-pyrrole nitrogens is 1. The van der Waals surface area contributed by atoms with Gasteiger partial charge in [-0.25, -0.2) is 9.37 Å². The second-order valence-corrected chi connectivity index (χ2v) is 11.2. The molecule has 2 aromatic carbocycles. The molecule has 40 heavy (non-hydrogen) atoms. The number of benzene rings is 2. The molecule has 9 heteroatoms. The van der Waals surface area contributed by atoms with E-state index in [0.717, 1.165) is 17.7 Å². The Bertz CT molecular complexity index is 1540. The number of nitrogens with zero attached hydrogens (tertiary/aromatic N) is 4. The molecule has 1 amide bonds. The van der Waals surface area contributed by atoms with Crippen LogP contribution in [0.3, 0.4) is 0 Å². The molecule has 2 N–H and O–H groups in total. The van der Waals surface area contributed by atoms with Crippen LogP contribution in [-0.4, -0.2) is 67.1 Å². The van der Waals surface area contributed by atoms with Gasteiger partial charge in [-0.05, 0) is 55.1 Å². The first-order valence-corrected chi connectivity index (χ1v) is 13.9. The SMILES string of the molecule is O=C([C@@H]1CCN(Cc2cccc(F)c2)C[C@H]1c1ccccc1)N1CCC(O)(Cn2cnc3[nH]ccc3c2=O)CC1. The van der Waals surface area contributed by atoms with E-state index in [9.17, 15) is 19.1 Å². The molecule has 2 aliphatic rings. The molecule has 0 spiro atoms. The third-order valence-electron chi connectivity index (χ3n) is 8.55. The van der Waals surface area contributed by atoms with E-state index in [4.69, 9.17) is 0 Å². The number of aromatic nitrogens is 3. The van der Waals surface area contributed by atoms with Crippen LogP contribution >= 0.6 is 0 Å². The Labute approximate surface area is 232 Å². The third kappa shape index (κ3) is 5.44. The number of hydrogen-bond acceptors (Lipinski definition) is 5. The van der Waals surface area contributed by atoms with Gasteiger partial charge in [0, 0.05) is 44.2 Å². The van der Waals surface area contributed by atoms with E-state index < -0.39 is 5.60 Å². The van der Waals surface area contributed by atoms with E-state index >= 15 is 0 Å². The highest BCUT2D eigenvalue weighted by Gasteiger charge is 2.40. The van der Waals surface area contributed by atoms with Crippen LogP contribution in [0.5, 0.6) is 0 Å². The summed E-state index contributed by atoms with van der Waals surface area (Å²) in [5.41, 5.74) is 1.32. The molecule has 2 fully saturated rings. The summed E-state index contributed by atoms with van der Waals surface area (Å²) in [4.78, 5) is 38.1. The lowest BCUT2D eigenvalue weighted by Crippen LogP contribution is -2.53. The van der Waals surface area contributed by atoms with Gasteiger partial charge >= 0.3 is 0 Å². The molecule has 4 aromatic rings. The number of amides is 1. The fourth-order valence-corrected chi connectivity index (χ4v) is 6.33. The first kappa shape index (κ1) is 26.4. The van der Waals surface area contributed by atoms with Crippen molar-refractivity contribution in [1.82, 2.24) is 24.3 Å². The topological polar surface area (TPSA) is 94.5 Å². The van der Waals surface area contributed by atoms with Crippen LogP contribution in [0.25, 0.3) is 11.0 Å². The summed E-state index contributed by atoms with van der Waals surface area (Å²) in [5, 5.41) is 11.8. The molecule has 2 saturated heterocycles. The molecular formula is C31H34FN5O3. The van der Waals surface area contributed by atoms with Gasteiger partial charge in [0.15, 0.2) is 0 Å². The van der Waals surface area contributed by atoms with Crippen molar-refractivity contribution in [2.24, 2.45) is 5.92 Å².